The predicted octanol–water partition coefficient (Wildman–Crippen LogP) is 5.14. The number of ether oxygens (including phenoxy) is 2. The number of hydrogen-bond donors (Lipinski definition) is 0. The van der Waals surface area contributed by atoms with Crippen molar-refractivity contribution in [1.29, 1.82) is 0 Å². The topological polar surface area (TPSA) is 49.2 Å². The van der Waals surface area contributed by atoms with Crippen LogP contribution in [0, 0.1) is 5.41 Å². The first kappa shape index (κ1) is 19.8. The second-order valence-electron chi connectivity index (χ2n) is 7.68. The lowest BCUT2D eigenvalue weighted by Crippen LogP contribution is -2.41. The summed E-state index contributed by atoms with van der Waals surface area (Å²) in [6, 6.07) is 18.3. The summed E-state index contributed by atoms with van der Waals surface area (Å²) >= 11 is 0. The van der Waals surface area contributed by atoms with E-state index in [0.717, 1.165) is 11.3 Å². The highest BCUT2D eigenvalue weighted by atomic mass is 16.6. The third-order valence-corrected chi connectivity index (χ3v) is 4.42. The normalized spacial score (nSPS) is 13.7. The molecule has 1 heterocycles. The molecule has 0 aliphatic carbocycles. The van der Waals surface area contributed by atoms with Gasteiger partial charge >= 0.3 is 0 Å². The van der Waals surface area contributed by atoms with Crippen LogP contribution in [0.1, 0.15) is 27.0 Å². The molecule has 0 aliphatic heterocycles. The Balaban J connectivity index is 1.86. The Hall–Kier alpha value is -2.92. The second kappa shape index (κ2) is 8.85. The van der Waals surface area contributed by atoms with Gasteiger partial charge in [0.15, 0.2) is 0 Å². The third kappa shape index (κ3) is 4.87. The average molecular weight is 377 g/mol. The molecule has 146 valence electrons. The van der Waals surface area contributed by atoms with E-state index in [4.69, 9.17) is 9.47 Å². The van der Waals surface area contributed by atoms with Gasteiger partial charge in [0.1, 0.15) is 24.5 Å². The molecule has 0 fully saturated rings. The molecule has 2 unspecified atom stereocenters. The highest BCUT2D eigenvalue weighted by Gasteiger charge is 2.36. The van der Waals surface area contributed by atoms with E-state index in [2.05, 4.69) is 61.7 Å². The third-order valence-electron chi connectivity index (χ3n) is 4.42. The fraction of sp³-hybridized carbons (Fsp3) is 0.304. The van der Waals surface area contributed by atoms with Crippen LogP contribution in [-0.2, 0) is 4.74 Å². The summed E-state index contributed by atoms with van der Waals surface area (Å²) in [5.41, 5.74) is 2.13. The molecule has 2 atom stereocenters. The van der Waals surface area contributed by atoms with Gasteiger partial charge in [-0.05, 0) is 28.7 Å². The Bertz CT molecular complexity index is 853. The van der Waals surface area contributed by atoms with E-state index in [-0.39, 0.29) is 11.5 Å². The highest BCUT2D eigenvalue weighted by Crippen LogP contribution is 2.33. The number of hydrogen-bond acceptors (Lipinski definition) is 4. The lowest BCUT2D eigenvalue weighted by Gasteiger charge is -2.36. The maximum absolute atomic E-state index is 6.34. The van der Waals surface area contributed by atoms with Gasteiger partial charge in [0.05, 0.1) is 6.61 Å². The molecule has 0 saturated heterocycles. The van der Waals surface area contributed by atoms with Gasteiger partial charge in [-0.3, -0.25) is 0 Å². The zero-order valence-corrected chi connectivity index (χ0v) is 16.7. The number of aromatic nitrogens is 3. The molecule has 1 aromatic heterocycles. The maximum Gasteiger partial charge on any atom is 0.219 e. The summed E-state index contributed by atoms with van der Waals surface area (Å²) < 4.78 is 14.1. The number of benzene rings is 2. The van der Waals surface area contributed by atoms with E-state index in [1.165, 1.54) is 11.9 Å². The first-order valence-electron chi connectivity index (χ1n) is 9.38. The minimum absolute atomic E-state index is 0.177. The molecular formula is C23H27N3O2. The molecule has 0 radical (unpaired) electrons. The van der Waals surface area contributed by atoms with E-state index in [9.17, 15) is 0 Å². The fourth-order valence-corrected chi connectivity index (χ4v) is 3.03. The molecule has 2 aromatic carbocycles. The van der Waals surface area contributed by atoms with Gasteiger partial charge in [0, 0.05) is 0 Å². The predicted molar refractivity (Wildman–Crippen MR) is 111 cm³/mol. The first-order chi connectivity index (χ1) is 13.5. The Labute approximate surface area is 166 Å². The molecule has 0 spiro atoms. The SMILES string of the molecule is C=CCOC(C(Oc1ccc(-c2ccccc2)cc1)n1cncn1)C(C)(C)C. The zero-order chi connectivity index (χ0) is 20.0. The molecular weight excluding hydrogens is 350 g/mol. The molecule has 5 heteroatoms. The van der Waals surface area contributed by atoms with Crippen molar-refractivity contribution in [2.45, 2.75) is 33.1 Å². The lowest BCUT2D eigenvalue weighted by molar-refractivity contribution is -0.107. The molecule has 0 amide bonds. The largest absolute Gasteiger partial charge is 0.466 e. The molecule has 0 bridgehead atoms. The minimum atomic E-state index is -0.454. The van der Waals surface area contributed by atoms with Crippen molar-refractivity contribution < 1.29 is 9.47 Å². The smallest absolute Gasteiger partial charge is 0.219 e. The molecule has 28 heavy (non-hydrogen) atoms. The van der Waals surface area contributed by atoms with Gasteiger partial charge in [0.25, 0.3) is 0 Å². The van der Waals surface area contributed by atoms with Crippen LogP contribution < -0.4 is 4.74 Å². The van der Waals surface area contributed by atoms with Crippen molar-refractivity contribution in [1.82, 2.24) is 14.8 Å². The van der Waals surface area contributed by atoms with Crippen LogP contribution in [0.25, 0.3) is 11.1 Å². The molecule has 0 saturated carbocycles. The van der Waals surface area contributed by atoms with E-state index in [0.29, 0.717) is 6.61 Å². The number of nitrogens with zero attached hydrogens (tertiary/aromatic N) is 3. The lowest BCUT2D eigenvalue weighted by atomic mass is 9.87. The highest BCUT2D eigenvalue weighted by molar-refractivity contribution is 5.63. The van der Waals surface area contributed by atoms with Crippen LogP contribution >= 0.6 is 0 Å². The molecule has 3 rings (SSSR count). The summed E-state index contributed by atoms with van der Waals surface area (Å²) in [5, 5.41) is 4.30. The summed E-state index contributed by atoms with van der Waals surface area (Å²) in [4.78, 5) is 4.08. The van der Waals surface area contributed by atoms with Crippen molar-refractivity contribution in [3.05, 3.63) is 79.9 Å². The van der Waals surface area contributed by atoms with Crippen molar-refractivity contribution in [3.8, 4) is 16.9 Å². The van der Waals surface area contributed by atoms with Crippen molar-refractivity contribution in [2.24, 2.45) is 5.41 Å². The molecule has 0 aliphatic rings. The zero-order valence-electron chi connectivity index (χ0n) is 16.7. The standard InChI is InChI=1S/C23H27N3O2/c1-5-15-27-21(23(2,3)4)22(26-17-24-16-25-26)28-20-13-11-19(12-14-20)18-9-7-6-8-10-18/h5-14,16-17,21-22H,1,15H2,2-4H3. The van der Waals surface area contributed by atoms with Crippen LogP contribution in [0.4, 0.5) is 0 Å². The van der Waals surface area contributed by atoms with Crippen LogP contribution in [0.2, 0.25) is 0 Å². The van der Waals surface area contributed by atoms with Crippen LogP contribution in [0.5, 0.6) is 5.75 Å². The van der Waals surface area contributed by atoms with Crippen LogP contribution in [0.15, 0.2) is 79.9 Å². The van der Waals surface area contributed by atoms with E-state index in [1.807, 2.05) is 30.3 Å². The molecule has 3 aromatic rings. The van der Waals surface area contributed by atoms with Gasteiger partial charge in [-0.15, -0.1) is 6.58 Å². The summed E-state index contributed by atoms with van der Waals surface area (Å²) in [6.45, 7) is 10.5. The Morgan fingerprint density at radius 1 is 1.04 bits per heavy atom. The Kier molecular flexibility index (Phi) is 6.26. The van der Waals surface area contributed by atoms with Crippen molar-refractivity contribution >= 4 is 0 Å². The van der Waals surface area contributed by atoms with Gasteiger partial charge < -0.3 is 9.47 Å². The van der Waals surface area contributed by atoms with Gasteiger partial charge in [0.2, 0.25) is 6.23 Å². The average Bonchev–Trinajstić information content (AvgIpc) is 3.22. The second-order valence-corrected chi connectivity index (χ2v) is 7.68. The van der Waals surface area contributed by atoms with Crippen LogP contribution in [-0.4, -0.2) is 27.5 Å². The Morgan fingerprint density at radius 3 is 2.29 bits per heavy atom. The number of rotatable bonds is 8. The van der Waals surface area contributed by atoms with E-state index in [1.54, 1.807) is 17.1 Å². The first-order valence-corrected chi connectivity index (χ1v) is 9.38. The van der Waals surface area contributed by atoms with E-state index < -0.39 is 6.23 Å². The van der Waals surface area contributed by atoms with Gasteiger partial charge in [-0.2, -0.15) is 5.10 Å². The summed E-state index contributed by atoms with van der Waals surface area (Å²) in [7, 11) is 0. The molecule has 0 N–H and O–H groups in total. The van der Waals surface area contributed by atoms with Crippen LogP contribution in [0.3, 0.4) is 0 Å². The summed E-state index contributed by atoms with van der Waals surface area (Å²) in [5.74, 6) is 0.747. The summed E-state index contributed by atoms with van der Waals surface area (Å²) in [6.07, 6.45) is 4.19. The monoisotopic (exact) mass is 377 g/mol. The van der Waals surface area contributed by atoms with Crippen molar-refractivity contribution in [3.63, 3.8) is 0 Å². The molecule has 5 nitrogen and oxygen atoms in total. The van der Waals surface area contributed by atoms with Gasteiger partial charge in [-0.1, -0.05) is 69.3 Å². The van der Waals surface area contributed by atoms with Crippen molar-refractivity contribution in [2.75, 3.05) is 6.61 Å². The van der Waals surface area contributed by atoms with Gasteiger partial charge in [-0.25, -0.2) is 9.67 Å². The fourth-order valence-electron chi connectivity index (χ4n) is 3.03. The van der Waals surface area contributed by atoms with E-state index >= 15 is 0 Å². The maximum atomic E-state index is 6.34. The Morgan fingerprint density at radius 2 is 1.71 bits per heavy atom. The quantitative estimate of drug-likeness (QED) is 0.510. The minimum Gasteiger partial charge on any atom is -0.466 e.